The fourth-order valence-corrected chi connectivity index (χ4v) is 3.53. The van der Waals surface area contributed by atoms with E-state index < -0.39 is 0 Å². The molecule has 0 spiro atoms. The SMILES string of the molecule is Cc1cc(C)n(-c2ccc(CNC(=O)Nc3cccnc3N3CCCC3)cn2)n1. The molecule has 0 aliphatic carbocycles. The first-order valence-corrected chi connectivity index (χ1v) is 9.83. The zero-order valence-electron chi connectivity index (χ0n) is 16.7. The second-order valence-electron chi connectivity index (χ2n) is 7.24. The Hall–Kier alpha value is -3.42. The van der Waals surface area contributed by atoms with Crippen molar-refractivity contribution in [2.24, 2.45) is 0 Å². The summed E-state index contributed by atoms with van der Waals surface area (Å²) in [7, 11) is 0. The number of hydrogen-bond donors (Lipinski definition) is 2. The minimum atomic E-state index is -0.263. The maximum atomic E-state index is 12.4. The number of aryl methyl sites for hydroxylation is 2. The lowest BCUT2D eigenvalue weighted by Gasteiger charge is -2.20. The number of pyridine rings is 2. The van der Waals surface area contributed by atoms with E-state index in [1.165, 1.54) is 0 Å². The first kappa shape index (κ1) is 18.9. The third-order valence-electron chi connectivity index (χ3n) is 4.93. The number of rotatable bonds is 5. The van der Waals surface area contributed by atoms with Crippen LogP contribution in [0.3, 0.4) is 0 Å². The summed E-state index contributed by atoms with van der Waals surface area (Å²) in [5.74, 6) is 1.59. The van der Waals surface area contributed by atoms with Gasteiger partial charge in [-0.2, -0.15) is 5.10 Å². The van der Waals surface area contributed by atoms with Gasteiger partial charge in [-0.25, -0.2) is 19.4 Å². The van der Waals surface area contributed by atoms with E-state index >= 15 is 0 Å². The predicted molar refractivity (Wildman–Crippen MR) is 112 cm³/mol. The maximum absolute atomic E-state index is 12.4. The molecule has 3 aromatic rings. The number of anilines is 2. The van der Waals surface area contributed by atoms with E-state index in [4.69, 9.17) is 0 Å². The van der Waals surface area contributed by atoms with Gasteiger partial charge in [-0.05, 0) is 56.5 Å². The van der Waals surface area contributed by atoms with Gasteiger partial charge in [0.1, 0.15) is 0 Å². The van der Waals surface area contributed by atoms with Crippen molar-refractivity contribution >= 4 is 17.5 Å². The molecular formula is C21H25N7O. The number of amides is 2. The third-order valence-corrected chi connectivity index (χ3v) is 4.93. The molecule has 4 heterocycles. The molecule has 29 heavy (non-hydrogen) atoms. The lowest BCUT2D eigenvalue weighted by atomic mass is 10.3. The van der Waals surface area contributed by atoms with Crippen LogP contribution >= 0.6 is 0 Å². The van der Waals surface area contributed by atoms with Gasteiger partial charge < -0.3 is 15.5 Å². The van der Waals surface area contributed by atoms with Gasteiger partial charge in [0.15, 0.2) is 11.6 Å². The molecule has 0 radical (unpaired) electrons. The Kier molecular flexibility index (Phi) is 5.41. The lowest BCUT2D eigenvalue weighted by Crippen LogP contribution is -2.30. The monoisotopic (exact) mass is 391 g/mol. The number of carbonyl (C=O) groups excluding carboxylic acids is 1. The van der Waals surface area contributed by atoms with Gasteiger partial charge in [-0.1, -0.05) is 6.07 Å². The molecule has 2 N–H and O–H groups in total. The smallest absolute Gasteiger partial charge is 0.319 e. The molecule has 150 valence electrons. The molecule has 0 bridgehead atoms. The fourth-order valence-electron chi connectivity index (χ4n) is 3.53. The minimum Gasteiger partial charge on any atom is -0.355 e. The number of nitrogens with zero attached hydrogens (tertiary/aromatic N) is 5. The van der Waals surface area contributed by atoms with E-state index in [-0.39, 0.29) is 6.03 Å². The van der Waals surface area contributed by atoms with E-state index in [0.29, 0.717) is 6.54 Å². The van der Waals surface area contributed by atoms with Crippen molar-refractivity contribution in [2.75, 3.05) is 23.3 Å². The highest BCUT2D eigenvalue weighted by molar-refractivity contribution is 5.92. The van der Waals surface area contributed by atoms with Crippen LogP contribution in [0, 0.1) is 13.8 Å². The molecule has 0 saturated carbocycles. The molecule has 1 saturated heterocycles. The molecule has 8 nitrogen and oxygen atoms in total. The summed E-state index contributed by atoms with van der Waals surface area (Å²) >= 11 is 0. The van der Waals surface area contributed by atoms with Gasteiger partial charge in [0.05, 0.1) is 11.4 Å². The van der Waals surface area contributed by atoms with Crippen LogP contribution in [-0.4, -0.2) is 38.9 Å². The molecule has 8 heteroatoms. The second kappa shape index (κ2) is 8.30. The molecular weight excluding hydrogens is 366 g/mol. The van der Waals surface area contributed by atoms with Crippen molar-refractivity contribution < 1.29 is 4.79 Å². The Labute approximate surface area is 170 Å². The molecule has 0 aromatic carbocycles. The summed E-state index contributed by atoms with van der Waals surface area (Å²) in [5, 5.41) is 10.2. The highest BCUT2D eigenvalue weighted by atomic mass is 16.2. The van der Waals surface area contributed by atoms with E-state index in [9.17, 15) is 4.79 Å². The average molecular weight is 391 g/mol. The normalized spacial score (nSPS) is 13.5. The van der Waals surface area contributed by atoms with Crippen molar-refractivity contribution in [1.29, 1.82) is 0 Å². The van der Waals surface area contributed by atoms with Gasteiger partial charge >= 0.3 is 6.03 Å². The van der Waals surface area contributed by atoms with E-state index in [0.717, 1.165) is 60.2 Å². The number of carbonyl (C=O) groups is 1. The summed E-state index contributed by atoms with van der Waals surface area (Å²) in [6.45, 7) is 6.28. The van der Waals surface area contributed by atoms with Crippen molar-refractivity contribution in [3.8, 4) is 5.82 Å². The number of urea groups is 1. The predicted octanol–water partition coefficient (Wildman–Crippen LogP) is 3.20. The highest BCUT2D eigenvalue weighted by Gasteiger charge is 2.17. The zero-order valence-corrected chi connectivity index (χ0v) is 16.7. The van der Waals surface area contributed by atoms with Crippen LogP contribution < -0.4 is 15.5 Å². The van der Waals surface area contributed by atoms with E-state index in [2.05, 4.69) is 30.6 Å². The number of aromatic nitrogens is 4. The van der Waals surface area contributed by atoms with Gasteiger partial charge in [0, 0.05) is 37.7 Å². The zero-order chi connectivity index (χ0) is 20.2. The van der Waals surface area contributed by atoms with E-state index in [1.807, 2.05) is 48.9 Å². The number of nitrogens with one attached hydrogen (secondary N) is 2. The standard InChI is InChI=1S/C21H25N7O/c1-15-12-16(2)28(26-15)19-8-7-17(13-23-19)14-24-21(29)25-18-6-5-9-22-20(18)27-10-3-4-11-27/h5-9,12-13H,3-4,10-11,14H2,1-2H3,(H2,24,25,29). The van der Waals surface area contributed by atoms with Gasteiger partial charge in [-0.3, -0.25) is 0 Å². The Morgan fingerprint density at radius 3 is 2.66 bits per heavy atom. The van der Waals surface area contributed by atoms with Crippen LogP contribution in [0.15, 0.2) is 42.7 Å². The maximum Gasteiger partial charge on any atom is 0.319 e. The van der Waals surface area contributed by atoms with Gasteiger partial charge in [0.25, 0.3) is 0 Å². The fraction of sp³-hybridized carbons (Fsp3) is 0.333. The second-order valence-corrected chi connectivity index (χ2v) is 7.24. The molecule has 1 aliphatic rings. The highest BCUT2D eigenvalue weighted by Crippen LogP contribution is 2.25. The summed E-state index contributed by atoms with van der Waals surface area (Å²) in [5.41, 5.74) is 3.63. The molecule has 0 atom stereocenters. The van der Waals surface area contributed by atoms with Crippen molar-refractivity contribution in [1.82, 2.24) is 25.1 Å². The Balaban J connectivity index is 1.36. The quantitative estimate of drug-likeness (QED) is 0.697. The largest absolute Gasteiger partial charge is 0.355 e. The Morgan fingerprint density at radius 2 is 1.97 bits per heavy atom. The van der Waals surface area contributed by atoms with Crippen LogP contribution in [0.5, 0.6) is 0 Å². The average Bonchev–Trinajstić information content (AvgIpc) is 3.37. The van der Waals surface area contributed by atoms with Crippen LogP contribution in [0.1, 0.15) is 29.8 Å². The molecule has 1 aliphatic heterocycles. The first-order chi connectivity index (χ1) is 14.1. The Bertz CT molecular complexity index is 991. The Morgan fingerprint density at radius 1 is 1.14 bits per heavy atom. The van der Waals surface area contributed by atoms with Crippen molar-refractivity contribution in [2.45, 2.75) is 33.2 Å². The van der Waals surface area contributed by atoms with Crippen molar-refractivity contribution in [3.63, 3.8) is 0 Å². The molecule has 0 unspecified atom stereocenters. The lowest BCUT2D eigenvalue weighted by molar-refractivity contribution is 0.251. The third kappa shape index (κ3) is 4.37. The van der Waals surface area contributed by atoms with E-state index in [1.54, 1.807) is 12.4 Å². The minimum absolute atomic E-state index is 0.263. The summed E-state index contributed by atoms with van der Waals surface area (Å²) in [6, 6.07) is 9.30. The molecule has 2 amide bonds. The van der Waals surface area contributed by atoms with Crippen LogP contribution in [-0.2, 0) is 6.54 Å². The summed E-state index contributed by atoms with van der Waals surface area (Å²) in [4.78, 5) is 23.5. The molecule has 3 aromatic heterocycles. The van der Waals surface area contributed by atoms with Gasteiger partial charge in [0.2, 0.25) is 0 Å². The molecule has 1 fully saturated rings. The van der Waals surface area contributed by atoms with Crippen LogP contribution in [0.4, 0.5) is 16.3 Å². The van der Waals surface area contributed by atoms with Crippen LogP contribution in [0.25, 0.3) is 5.82 Å². The topological polar surface area (TPSA) is 88.0 Å². The number of hydrogen-bond acceptors (Lipinski definition) is 5. The van der Waals surface area contributed by atoms with Gasteiger partial charge in [-0.15, -0.1) is 0 Å². The summed E-state index contributed by atoms with van der Waals surface area (Å²) in [6.07, 6.45) is 5.82. The van der Waals surface area contributed by atoms with Crippen molar-refractivity contribution in [3.05, 3.63) is 59.7 Å². The summed E-state index contributed by atoms with van der Waals surface area (Å²) < 4.78 is 1.81. The molecule has 4 rings (SSSR count). The van der Waals surface area contributed by atoms with Crippen LogP contribution in [0.2, 0.25) is 0 Å². The first-order valence-electron chi connectivity index (χ1n) is 9.83.